The minimum atomic E-state index is 0.121. The number of hydrogen-bond acceptors (Lipinski definition) is 1. The Morgan fingerprint density at radius 1 is 1.20 bits per heavy atom. The number of Topliss-reactive ketones (excluding diaryl/α,β-unsaturated/α-hetero) is 1. The number of unbranched alkanes of at least 4 members (excludes halogenated alkanes) is 1. The molecule has 0 aliphatic heterocycles. The van der Waals surface area contributed by atoms with Gasteiger partial charge in [0, 0.05) is 12.3 Å². The summed E-state index contributed by atoms with van der Waals surface area (Å²) in [4.78, 5) is 11.8. The fourth-order valence-electron chi connectivity index (χ4n) is 1.85. The molecule has 1 nitrogen and oxygen atoms in total. The molecule has 0 N–H and O–H groups in total. The Morgan fingerprint density at radius 2 is 1.87 bits per heavy atom. The second kappa shape index (κ2) is 6.39. The molecule has 0 spiro atoms. The molecule has 0 amide bonds. The van der Waals surface area contributed by atoms with Gasteiger partial charge in [-0.1, -0.05) is 57.0 Å². The summed E-state index contributed by atoms with van der Waals surface area (Å²) in [5.41, 5.74) is 1.18. The van der Waals surface area contributed by atoms with E-state index in [1.54, 1.807) is 0 Å². The minimum Gasteiger partial charge on any atom is -0.299 e. The van der Waals surface area contributed by atoms with Crippen LogP contribution in [0.25, 0.3) is 0 Å². The maximum atomic E-state index is 11.8. The molecule has 15 heavy (non-hydrogen) atoms. The Labute approximate surface area is 92.5 Å². The molecule has 0 aromatic heterocycles. The van der Waals surface area contributed by atoms with E-state index in [-0.39, 0.29) is 5.92 Å². The van der Waals surface area contributed by atoms with Crippen molar-refractivity contribution in [2.75, 3.05) is 0 Å². The first-order valence-corrected chi connectivity index (χ1v) is 5.87. The smallest absolute Gasteiger partial charge is 0.140 e. The molecule has 1 aromatic rings. The van der Waals surface area contributed by atoms with Crippen LogP contribution in [0.15, 0.2) is 30.3 Å². The van der Waals surface area contributed by atoms with Crippen molar-refractivity contribution in [3.63, 3.8) is 0 Å². The highest BCUT2D eigenvalue weighted by Gasteiger charge is 2.17. The first-order valence-electron chi connectivity index (χ1n) is 5.87. The van der Waals surface area contributed by atoms with Crippen molar-refractivity contribution in [3.05, 3.63) is 35.9 Å². The lowest BCUT2D eigenvalue weighted by atomic mass is 9.89. The predicted molar refractivity (Wildman–Crippen MR) is 64.0 cm³/mol. The summed E-state index contributed by atoms with van der Waals surface area (Å²) >= 11 is 0. The lowest BCUT2D eigenvalue weighted by Gasteiger charge is -2.14. The Morgan fingerprint density at radius 3 is 2.40 bits per heavy atom. The topological polar surface area (TPSA) is 17.1 Å². The van der Waals surface area contributed by atoms with Crippen LogP contribution in [0.4, 0.5) is 0 Å². The van der Waals surface area contributed by atoms with Crippen LogP contribution in [-0.2, 0) is 4.79 Å². The lowest BCUT2D eigenvalue weighted by Crippen LogP contribution is -2.11. The van der Waals surface area contributed by atoms with Gasteiger partial charge in [0.2, 0.25) is 0 Å². The molecule has 1 rings (SSSR count). The van der Waals surface area contributed by atoms with Gasteiger partial charge in [-0.2, -0.15) is 0 Å². The summed E-state index contributed by atoms with van der Waals surface area (Å²) in [7, 11) is 0. The van der Waals surface area contributed by atoms with E-state index < -0.39 is 0 Å². The Kier molecular flexibility index (Phi) is 5.09. The monoisotopic (exact) mass is 204 g/mol. The quantitative estimate of drug-likeness (QED) is 0.686. The van der Waals surface area contributed by atoms with Crippen LogP contribution < -0.4 is 0 Å². The third kappa shape index (κ3) is 3.50. The van der Waals surface area contributed by atoms with E-state index in [1.165, 1.54) is 5.56 Å². The Bertz CT molecular complexity index is 289. The molecule has 0 bridgehead atoms. The average molecular weight is 204 g/mol. The molecule has 0 unspecified atom stereocenters. The zero-order valence-electron chi connectivity index (χ0n) is 9.70. The molecule has 1 atom stereocenters. The summed E-state index contributed by atoms with van der Waals surface area (Å²) in [6.07, 6.45) is 3.92. The van der Waals surface area contributed by atoms with Crippen molar-refractivity contribution in [3.8, 4) is 0 Å². The zero-order chi connectivity index (χ0) is 11.1. The zero-order valence-corrected chi connectivity index (χ0v) is 9.70. The van der Waals surface area contributed by atoms with Crippen LogP contribution in [0.5, 0.6) is 0 Å². The van der Waals surface area contributed by atoms with E-state index >= 15 is 0 Å². The van der Waals surface area contributed by atoms with Crippen LogP contribution in [0.2, 0.25) is 0 Å². The van der Waals surface area contributed by atoms with Gasteiger partial charge in [-0.3, -0.25) is 4.79 Å². The molecule has 82 valence electrons. The molecule has 1 aromatic carbocycles. The van der Waals surface area contributed by atoms with Gasteiger partial charge in [-0.05, 0) is 12.0 Å². The molecule has 0 fully saturated rings. The van der Waals surface area contributed by atoms with E-state index in [2.05, 4.69) is 19.1 Å². The fraction of sp³-hybridized carbons (Fsp3) is 0.500. The van der Waals surface area contributed by atoms with Gasteiger partial charge in [0.1, 0.15) is 5.78 Å². The number of benzene rings is 1. The summed E-state index contributed by atoms with van der Waals surface area (Å²) in [5.74, 6) is 0.491. The Hall–Kier alpha value is -1.11. The minimum absolute atomic E-state index is 0.121. The van der Waals surface area contributed by atoms with Crippen molar-refractivity contribution in [2.45, 2.75) is 45.4 Å². The van der Waals surface area contributed by atoms with Gasteiger partial charge in [-0.15, -0.1) is 0 Å². The van der Waals surface area contributed by atoms with Gasteiger partial charge in [-0.25, -0.2) is 0 Å². The number of ketones is 1. The van der Waals surface area contributed by atoms with Crippen molar-refractivity contribution >= 4 is 5.78 Å². The molecule has 0 aliphatic rings. The van der Waals surface area contributed by atoms with E-state index in [1.807, 2.05) is 25.1 Å². The molecule has 0 saturated carbocycles. The summed E-state index contributed by atoms with van der Waals surface area (Å²) in [6.45, 7) is 4.11. The molecular formula is C14H20O. The molecule has 0 saturated heterocycles. The SMILES string of the molecule is CCCC[C@H](C(=O)CC)c1ccccc1. The first-order chi connectivity index (χ1) is 7.29. The summed E-state index contributed by atoms with van der Waals surface area (Å²) in [5, 5.41) is 0. The standard InChI is InChI=1S/C14H20O/c1-3-5-11-13(14(15)4-2)12-9-7-6-8-10-12/h6-10,13H,3-5,11H2,1-2H3/t13-/m0/s1. The van der Waals surface area contributed by atoms with Crippen molar-refractivity contribution < 1.29 is 4.79 Å². The van der Waals surface area contributed by atoms with Gasteiger partial charge in [0.15, 0.2) is 0 Å². The van der Waals surface area contributed by atoms with Gasteiger partial charge < -0.3 is 0 Å². The largest absolute Gasteiger partial charge is 0.299 e. The Balaban J connectivity index is 2.76. The highest BCUT2D eigenvalue weighted by atomic mass is 16.1. The third-order valence-electron chi connectivity index (χ3n) is 2.79. The summed E-state index contributed by atoms with van der Waals surface area (Å²) in [6, 6.07) is 10.1. The second-order valence-corrected chi connectivity index (χ2v) is 3.93. The maximum Gasteiger partial charge on any atom is 0.140 e. The van der Waals surface area contributed by atoms with Gasteiger partial charge in [0.25, 0.3) is 0 Å². The van der Waals surface area contributed by atoms with Crippen molar-refractivity contribution in [2.24, 2.45) is 0 Å². The van der Waals surface area contributed by atoms with E-state index in [0.29, 0.717) is 12.2 Å². The molecule has 0 heterocycles. The van der Waals surface area contributed by atoms with Crippen LogP contribution in [0, 0.1) is 0 Å². The van der Waals surface area contributed by atoms with Gasteiger partial charge >= 0.3 is 0 Å². The molecular weight excluding hydrogens is 184 g/mol. The van der Waals surface area contributed by atoms with Crippen molar-refractivity contribution in [1.82, 2.24) is 0 Å². The number of carbonyl (C=O) groups is 1. The molecule has 0 aliphatic carbocycles. The average Bonchev–Trinajstić information content (AvgIpc) is 2.30. The van der Waals surface area contributed by atoms with Crippen LogP contribution in [0.3, 0.4) is 0 Å². The van der Waals surface area contributed by atoms with Crippen LogP contribution in [-0.4, -0.2) is 5.78 Å². The third-order valence-corrected chi connectivity index (χ3v) is 2.79. The van der Waals surface area contributed by atoms with E-state index in [9.17, 15) is 4.79 Å². The van der Waals surface area contributed by atoms with Gasteiger partial charge in [0.05, 0.1) is 0 Å². The van der Waals surface area contributed by atoms with Crippen molar-refractivity contribution in [1.29, 1.82) is 0 Å². The lowest BCUT2D eigenvalue weighted by molar-refractivity contribution is -0.120. The van der Waals surface area contributed by atoms with Crippen LogP contribution in [0.1, 0.15) is 51.0 Å². The number of carbonyl (C=O) groups excluding carboxylic acids is 1. The fourth-order valence-corrected chi connectivity index (χ4v) is 1.85. The predicted octanol–water partition coefficient (Wildman–Crippen LogP) is 3.94. The van der Waals surface area contributed by atoms with Crippen LogP contribution >= 0.6 is 0 Å². The second-order valence-electron chi connectivity index (χ2n) is 3.93. The highest BCUT2D eigenvalue weighted by Crippen LogP contribution is 2.24. The molecule has 0 radical (unpaired) electrons. The highest BCUT2D eigenvalue weighted by molar-refractivity contribution is 5.85. The normalized spacial score (nSPS) is 12.4. The van der Waals surface area contributed by atoms with E-state index in [0.717, 1.165) is 19.3 Å². The number of rotatable bonds is 6. The maximum absolute atomic E-state index is 11.8. The number of hydrogen-bond donors (Lipinski definition) is 0. The van der Waals surface area contributed by atoms with E-state index in [4.69, 9.17) is 0 Å². The first kappa shape index (κ1) is 12.0. The summed E-state index contributed by atoms with van der Waals surface area (Å²) < 4.78 is 0. The molecule has 1 heteroatoms.